The lowest BCUT2D eigenvalue weighted by molar-refractivity contribution is -0.144. The van der Waals surface area contributed by atoms with Crippen molar-refractivity contribution < 1.29 is 14.7 Å². The number of hydrogen-bond acceptors (Lipinski definition) is 4. The lowest BCUT2D eigenvalue weighted by Crippen LogP contribution is -2.65. The fraction of sp³-hybridized carbons (Fsp3) is 0.714. The summed E-state index contributed by atoms with van der Waals surface area (Å²) < 4.78 is 0. The van der Waals surface area contributed by atoms with Crippen LogP contribution in [0.5, 0.6) is 0 Å². The first-order chi connectivity index (χ1) is 6.00. The highest BCUT2D eigenvalue weighted by molar-refractivity contribution is 5.99. The van der Waals surface area contributed by atoms with Crippen LogP contribution in [0.25, 0.3) is 0 Å². The zero-order valence-electron chi connectivity index (χ0n) is 7.81. The Bertz CT molecular complexity index is 221. The molecule has 6 nitrogen and oxygen atoms in total. The van der Waals surface area contributed by atoms with Gasteiger partial charge in [-0.2, -0.15) is 0 Å². The third-order valence-electron chi connectivity index (χ3n) is 2.18. The minimum Gasteiger partial charge on any atom is -0.380 e. The second-order valence-corrected chi connectivity index (χ2v) is 2.97. The van der Waals surface area contributed by atoms with Gasteiger partial charge in [0.1, 0.15) is 6.17 Å². The maximum absolute atomic E-state index is 11.3. The summed E-state index contributed by atoms with van der Waals surface area (Å²) >= 11 is 0. The number of nitrogens with zero attached hydrogens (tertiary/aromatic N) is 2. The van der Waals surface area contributed by atoms with Gasteiger partial charge in [0, 0.05) is 14.1 Å². The molecule has 0 aromatic heterocycles. The van der Waals surface area contributed by atoms with Gasteiger partial charge in [-0.3, -0.25) is 15.0 Å². The fourth-order valence-corrected chi connectivity index (χ4v) is 1.35. The van der Waals surface area contributed by atoms with Crippen molar-refractivity contribution in [1.82, 2.24) is 15.1 Å². The number of carbonyl (C=O) groups excluding carboxylic acids is 2. The first kappa shape index (κ1) is 9.94. The predicted octanol–water partition coefficient (Wildman–Crippen LogP) is -1.58. The lowest BCUT2D eigenvalue weighted by Gasteiger charge is -2.39. The summed E-state index contributed by atoms with van der Waals surface area (Å²) in [6, 6.07) is -0.422. The molecule has 2 N–H and O–H groups in total. The first-order valence-corrected chi connectivity index (χ1v) is 3.90. The van der Waals surface area contributed by atoms with Gasteiger partial charge in [0.15, 0.2) is 6.10 Å². The predicted molar refractivity (Wildman–Crippen MR) is 44.8 cm³/mol. The number of hydrogen-bond donors (Lipinski definition) is 2. The number of imide groups is 1. The molecule has 0 bridgehead atoms. The van der Waals surface area contributed by atoms with Crippen LogP contribution in [0.15, 0.2) is 0 Å². The lowest BCUT2D eigenvalue weighted by atomic mass is 10.2. The van der Waals surface area contributed by atoms with Gasteiger partial charge >= 0.3 is 6.03 Å². The molecular formula is C7H13N3O3. The maximum Gasteiger partial charge on any atom is 0.327 e. The second kappa shape index (κ2) is 3.31. The number of urea groups is 1. The SMILES string of the molecule is CN[C@@H]1[C@H](O)C(=O)N(C)C(=O)N1C. The topological polar surface area (TPSA) is 72.9 Å². The van der Waals surface area contributed by atoms with Crippen LogP contribution in [-0.4, -0.2) is 60.3 Å². The quantitative estimate of drug-likeness (QED) is 0.519. The number of amides is 3. The van der Waals surface area contributed by atoms with Crippen molar-refractivity contribution in [3.8, 4) is 0 Å². The fourth-order valence-electron chi connectivity index (χ4n) is 1.35. The van der Waals surface area contributed by atoms with E-state index in [0.717, 1.165) is 4.90 Å². The van der Waals surface area contributed by atoms with Gasteiger partial charge in [0.25, 0.3) is 5.91 Å². The highest BCUT2D eigenvalue weighted by atomic mass is 16.3. The summed E-state index contributed by atoms with van der Waals surface area (Å²) in [5.41, 5.74) is 0. The number of nitrogens with one attached hydrogen (secondary N) is 1. The van der Waals surface area contributed by atoms with E-state index >= 15 is 0 Å². The normalized spacial score (nSPS) is 29.8. The van der Waals surface area contributed by atoms with Gasteiger partial charge in [0.05, 0.1) is 0 Å². The Morgan fingerprint density at radius 3 is 2.38 bits per heavy atom. The molecule has 1 heterocycles. The highest BCUT2D eigenvalue weighted by Gasteiger charge is 2.41. The summed E-state index contributed by atoms with van der Waals surface area (Å²) in [7, 11) is 4.45. The molecule has 1 saturated heterocycles. The molecule has 3 amide bonds. The molecule has 6 heteroatoms. The standard InChI is InChI=1S/C7H13N3O3/c1-8-5-4(11)6(12)10(3)7(13)9(5)2/h4-5,8,11H,1-3H3/t4-,5-/m0/s1. The van der Waals surface area contributed by atoms with E-state index in [0.29, 0.717) is 0 Å². The van der Waals surface area contributed by atoms with Crippen LogP contribution in [0, 0.1) is 0 Å². The van der Waals surface area contributed by atoms with E-state index in [2.05, 4.69) is 5.32 Å². The van der Waals surface area contributed by atoms with E-state index in [1.165, 1.54) is 19.0 Å². The molecule has 1 fully saturated rings. The van der Waals surface area contributed by atoms with E-state index < -0.39 is 24.2 Å². The summed E-state index contributed by atoms with van der Waals surface area (Å²) in [6.45, 7) is 0. The first-order valence-electron chi connectivity index (χ1n) is 3.90. The van der Waals surface area contributed by atoms with Crippen molar-refractivity contribution in [3.63, 3.8) is 0 Å². The zero-order chi connectivity index (χ0) is 10.2. The van der Waals surface area contributed by atoms with E-state index in [9.17, 15) is 14.7 Å². The molecule has 0 radical (unpaired) electrons. The van der Waals surface area contributed by atoms with Gasteiger partial charge in [-0.1, -0.05) is 0 Å². The maximum atomic E-state index is 11.3. The summed E-state index contributed by atoms with van der Waals surface area (Å²) in [4.78, 5) is 24.8. The third kappa shape index (κ3) is 1.38. The Kier molecular flexibility index (Phi) is 2.53. The Morgan fingerprint density at radius 1 is 1.38 bits per heavy atom. The Morgan fingerprint density at radius 2 is 1.92 bits per heavy atom. The van der Waals surface area contributed by atoms with Gasteiger partial charge in [-0.05, 0) is 7.05 Å². The van der Waals surface area contributed by atoms with Gasteiger partial charge in [-0.15, -0.1) is 0 Å². The van der Waals surface area contributed by atoms with Crippen molar-refractivity contribution in [2.45, 2.75) is 12.3 Å². The smallest absolute Gasteiger partial charge is 0.327 e. The molecule has 0 aliphatic carbocycles. The molecular weight excluding hydrogens is 174 g/mol. The van der Waals surface area contributed by atoms with Crippen molar-refractivity contribution >= 4 is 11.9 Å². The molecule has 0 saturated carbocycles. The largest absolute Gasteiger partial charge is 0.380 e. The zero-order valence-corrected chi connectivity index (χ0v) is 7.81. The molecule has 1 aliphatic rings. The van der Waals surface area contributed by atoms with Gasteiger partial charge in [-0.25, -0.2) is 4.79 Å². The number of aliphatic hydroxyl groups is 1. The summed E-state index contributed by atoms with van der Waals surface area (Å²) in [6.07, 6.45) is -1.84. The second-order valence-electron chi connectivity index (χ2n) is 2.97. The summed E-state index contributed by atoms with van der Waals surface area (Å²) in [5.74, 6) is -0.581. The molecule has 1 rings (SSSR count). The van der Waals surface area contributed by atoms with Crippen LogP contribution in [0.1, 0.15) is 0 Å². The molecule has 0 aromatic rings. The molecule has 0 spiro atoms. The van der Waals surface area contributed by atoms with Crippen LogP contribution in [0.4, 0.5) is 4.79 Å². The molecule has 0 aromatic carbocycles. The third-order valence-corrected chi connectivity index (χ3v) is 2.18. The average Bonchev–Trinajstić information content (AvgIpc) is 2.13. The average molecular weight is 187 g/mol. The van der Waals surface area contributed by atoms with E-state index in [1.807, 2.05) is 0 Å². The number of aliphatic hydroxyl groups excluding tert-OH is 1. The number of likely N-dealkylation sites (N-methyl/N-ethyl adjacent to an activating group) is 3. The van der Waals surface area contributed by atoms with E-state index in [4.69, 9.17) is 0 Å². The minimum atomic E-state index is -1.20. The van der Waals surface area contributed by atoms with Crippen LogP contribution in [0.3, 0.4) is 0 Å². The van der Waals surface area contributed by atoms with Crippen molar-refractivity contribution in [1.29, 1.82) is 0 Å². The molecule has 1 aliphatic heterocycles. The Labute approximate surface area is 76.1 Å². The van der Waals surface area contributed by atoms with Crippen LogP contribution >= 0.6 is 0 Å². The van der Waals surface area contributed by atoms with Crippen molar-refractivity contribution in [2.24, 2.45) is 0 Å². The minimum absolute atomic E-state index is 0.422. The number of rotatable bonds is 1. The molecule has 13 heavy (non-hydrogen) atoms. The molecule has 0 unspecified atom stereocenters. The monoisotopic (exact) mass is 187 g/mol. The number of carbonyl (C=O) groups is 2. The van der Waals surface area contributed by atoms with Crippen LogP contribution in [0.2, 0.25) is 0 Å². The summed E-state index contributed by atoms with van der Waals surface area (Å²) in [5, 5.41) is 12.1. The van der Waals surface area contributed by atoms with E-state index in [-0.39, 0.29) is 0 Å². The Hall–Kier alpha value is -1.14. The highest BCUT2D eigenvalue weighted by Crippen LogP contribution is 2.12. The molecule has 2 atom stereocenters. The van der Waals surface area contributed by atoms with Crippen LogP contribution in [-0.2, 0) is 4.79 Å². The van der Waals surface area contributed by atoms with Gasteiger partial charge in [0.2, 0.25) is 0 Å². The molecule has 74 valence electrons. The van der Waals surface area contributed by atoms with Crippen LogP contribution < -0.4 is 5.32 Å². The van der Waals surface area contributed by atoms with Crippen molar-refractivity contribution in [2.75, 3.05) is 21.1 Å². The van der Waals surface area contributed by atoms with Gasteiger partial charge < -0.3 is 10.0 Å². The Balaban J connectivity index is 2.92. The van der Waals surface area contributed by atoms with Crippen molar-refractivity contribution in [3.05, 3.63) is 0 Å². The van der Waals surface area contributed by atoms with E-state index in [1.54, 1.807) is 7.05 Å².